The number of carbonyl (C=O) groups is 1. The summed E-state index contributed by atoms with van der Waals surface area (Å²) in [6, 6.07) is 1.40. The van der Waals surface area contributed by atoms with Crippen molar-refractivity contribution in [3.63, 3.8) is 0 Å². The minimum absolute atomic E-state index is 0.0105. The number of nitrogens with zero attached hydrogens (tertiary/aromatic N) is 3. The molecule has 1 aromatic carbocycles. The number of rotatable bonds is 2. The van der Waals surface area contributed by atoms with E-state index in [1.54, 1.807) is 13.1 Å². The van der Waals surface area contributed by atoms with E-state index in [9.17, 15) is 23.1 Å². The summed E-state index contributed by atoms with van der Waals surface area (Å²) in [5.41, 5.74) is 1.09. The Labute approximate surface area is 159 Å². The number of aryl methyl sites for hydroxylation is 2. The van der Waals surface area contributed by atoms with Crippen molar-refractivity contribution in [2.24, 2.45) is 7.05 Å². The molecule has 28 heavy (non-hydrogen) atoms. The molecule has 1 aliphatic heterocycles. The minimum Gasteiger partial charge on any atom is -0.508 e. The van der Waals surface area contributed by atoms with E-state index >= 15 is 0 Å². The number of aromatic nitrogens is 2. The number of alkyl halides is 3. The van der Waals surface area contributed by atoms with Gasteiger partial charge in [0.15, 0.2) is 6.04 Å². The second-order valence-corrected chi connectivity index (χ2v) is 6.69. The zero-order valence-corrected chi connectivity index (χ0v) is 15.7. The van der Waals surface area contributed by atoms with E-state index in [0.717, 1.165) is 0 Å². The van der Waals surface area contributed by atoms with Crippen LogP contribution in [-0.2, 0) is 13.6 Å². The van der Waals surface area contributed by atoms with Crippen LogP contribution in [0, 0.1) is 13.8 Å². The molecule has 1 aliphatic rings. The molecule has 0 saturated carbocycles. The van der Waals surface area contributed by atoms with E-state index in [4.69, 9.17) is 4.74 Å². The summed E-state index contributed by atoms with van der Waals surface area (Å²) in [4.78, 5) is 13.9. The highest BCUT2D eigenvalue weighted by Crippen LogP contribution is 2.36. The van der Waals surface area contributed by atoms with Crippen LogP contribution in [0.3, 0.4) is 0 Å². The van der Waals surface area contributed by atoms with Crippen LogP contribution in [0.4, 0.5) is 18.0 Å². The lowest BCUT2D eigenvalue weighted by molar-refractivity contribution is -0.155. The molecule has 2 aromatic rings. The Balaban J connectivity index is 1.85. The molecule has 7 nitrogen and oxygen atoms in total. The molecule has 2 amide bonds. The van der Waals surface area contributed by atoms with Gasteiger partial charge in [-0.3, -0.25) is 4.68 Å². The van der Waals surface area contributed by atoms with E-state index < -0.39 is 18.2 Å². The molecule has 3 rings (SSSR count). The number of aromatic hydroxyl groups is 1. The first kappa shape index (κ1) is 19.8. The van der Waals surface area contributed by atoms with Gasteiger partial charge in [0.25, 0.3) is 0 Å². The summed E-state index contributed by atoms with van der Waals surface area (Å²) in [5, 5.41) is 15.7. The lowest BCUT2D eigenvalue weighted by Crippen LogP contribution is -2.46. The maximum absolute atomic E-state index is 13.7. The van der Waals surface area contributed by atoms with Crippen molar-refractivity contribution in [3.8, 4) is 11.5 Å². The normalized spacial score (nSPS) is 15.4. The molecule has 10 heteroatoms. The summed E-state index contributed by atoms with van der Waals surface area (Å²) >= 11 is 0. The molecule has 0 fully saturated rings. The number of hydrogen-bond acceptors (Lipinski definition) is 4. The summed E-state index contributed by atoms with van der Waals surface area (Å²) in [7, 11) is 1.56. The molecule has 0 bridgehead atoms. The van der Waals surface area contributed by atoms with Crippen molar-refractivity contribution in [3.05, 3.63) is 40.7 Å². The second kappa shape index (κ2) is 7.25. The lowest BCUT2D eigenvalue weighted by atomic mass is 10.0. The highest BCUT2D eigenvalue weighted by Gasteiger charge is 2.45. The molecule has 0 radical (unpaired) electrons. The number of phenols is 1. The SMILES string of the molecule is Cc1nn(C)c(C)c1C(NC(=O)N1CCOc2cc(O)ccc2C1)C(F)(F)F. The van der Waals surface area contributed by atoms with Crippen molar-refractivity contribution < 1.29 is 27.8 Å². The number of amides is 2. The van der Waals surface area contributed by atoms with Gasteiger partial charge in [0, 0.05) is 29.9 Å². The largest absolute Gasteiger partial charge is 0.508 e. The predicted molar refractivity (Wildman–Crippen MR) is 94.0 cm³/mol. The fraction of sp³-hybridized carbons (Fsp3) is 0.444. The van der Waals surface area contributed by atoms with Gasteiger partial charge in [0.05, 0.1) is 18.8 Å². The number of hydrogen-bond donors (Lipinski definition) is 2. The Bertz CT molecular complexity index is 895. The van der Waals surface area contributed by atoms with Gasteiger partial charge in [-0.25, -0.2) is 4.79 Å². The van der Waals surface area contributed by atoms with Crippen molar-refractivity contribution in [2.75, 3.05) is 13.2 Å². The smallest absolute Gasteiger partial charge is 0.413 e. The first-order valence-corrected chi connectivity index (χ1v) is 8.65. The van der Waals surface area contributed by atoms with Gasteiger partial charge in [0.1, 0.15) is 18.1 Å². The summed E-state index contributed by atoms with van der Waals surface area (Å²) in [6.45, 7) is 3.29. The minimum atomic E-state index is -4.68. The van der Waals surface area contributed by atoms with E-state index in [1.807, 2.05) is 0 Å². The van der Waals surface area contributed by atoms with Gasteiger partial charge >= 0.3 is 12.2 Å². The van der Waals surface area contributed by atoms with E-state index in [0.29, 0.717) is 17.0 Å². The van der Waals surface area contributed by atoms with Crippen molar-refractivity contribution in [1.82, 2.24) is 20.0 Å². The topological polar surface area (TPSA) is 79.6 Å². The van der Waals surface area contributed by atoms with Gasteiger partial charge in [-0.1, -0.05) is 0 Å². The van der Waals surface area contributed by atoms with E-state index in [2.05, 4.69) is 10.4 Å². The molecule has 152 valence electrons. The van der Waals surface area contributed by atoms with Crippen LogP contribution in [0.25, 0.3) is 0 Å². The zero-order valence-electron chi connectivity index (χ0n) is 15.7. The summed E-state index contributed by atoms with van der Waals surface area (Å²) in [6.07, 6.45) is -4.68. The molecule has 2 N–H and O–H groups in total. The summed E-state index contributed by atoms with van der Waals surface area (Å²) in [5.74, 6) is 0.415. The number of carbonyl (C=O) groups excluding carboxylic acids is 1. The van der Waals surface area contributed by atoms with Crippen LogP contribution in [0.1, 0.15) is 28.6 Å². The average molecular weight is 398 g/mol. The van der Waals surface area contributed by atoms with Crippen LogP contribution >= 0.6 is 0 Å². The number of fused-ring (bicyclic) bond motifs is 1. The number of halogens is 3. The van der Waals surface area contributed by atoms with Crippen LogP contribution in [0.2, 0.25) is 0 Å². The highest BCUT2D eigenvalue weighted by atomic mass is 19.4. The molecule has 0 saturated heterocycles. The third kappa shape index (κ3) is 3.85. The van der Waals surface area contributed by atoms with Crippen molar-refractivity contribution >= 4 is 6.03 Å². The monoisotopic (exact) mass is 398 g/mol. The molecule has 0 spiro atoms. The fourth-order valence-corrected chi connectivity index (χ4v) is 3.27. The molecule has 2 heterocycles. The highest BCUT2D eigenvalue weighted by molar-refractivity contribution is 5.75. The first-order valence-electron chi connectivity index (χ1n) is 8.65. The molecule has 0 aliphatic carbocycles. The van der Waals surface area contributed by atoms with Gasteiger partial charge in [-0.2, -0.15) is 18.3 Å². The van der Waals surface area contributed by atoms with Gasteiger partial charge in [-0.05, 0) is 26.0 Å². The maximum Gasteiger partial charge on any atom is 0.413 e. The van der Waals surface area contributed by atoms with Crippen molar-refractivity contribution in [2.45, 2.75) is 32.6 Å². The molecule has 1 aromatic heterocycles. The van der Waals surface area contributed by atoms with Crippen molar-refractivity contribution in [1.29, 1.82) is 0 Å². The fourth-order valence-electron chi connectivity index (χ4n) is 3.27. The third-order valence-corrected chi connectivity index (χ3v) is 4.77. The summed E-state index contributed by atoms with van der Waals surface area (Å²) < 4.78 is 48.1. The average Bonchev–Trinajstić information content (AvgIpc) is 2.76. The predicted octanol–water partition coefficient (Wildman–Crippen LogP) is 2.95. The standard InChI is InChI=1S/C18H21F3N4O3/c1-10-15(11(2)24(3)23-10)16(18(19,20)21)22-17(27)25-6-7-28-14-8-13(26)5-4-12(14)9-25/h4-5,8,16,26H,6-7,9H2,1-3H3,(H,22,27). The quantitative estimate of drug-likeness (QED) is 0.815. The van der Waals surface area contributed by atoms with Gasteiger partial charge in [0.2, 0.25) is 0 Å². The number of nitrogens with one attached hydrogen (secondary N) is 1. The van der Waals surface area contributed by atoms with Gasteiger partial charge < -0.3 is 20.1 Å². The third-order valence-electron chi connectivity index (χ3n) is 4.77. The lowest BCUT2D eigenvalue weighted by Gasteiger charge is -2.27. The molecular weight excluding hydrogens is 377 g/mol. The Hall–Kier alpha value is -2.91. The van der Waals surface area contributed by atoms with Crippen LogP contribution in [-0.4, -0.2) is 45.1 Å². The number of urea groups is 1. The van der Waals surface area contributed by atoms with E-state index in [-0.39, 0.29) is 36.7 Å². The number of phenolic OH excluding ortho intramolecular Hbond substituents is 1. The van der Waals surface area contributed by atoms with Crippen LogP contribution in [0.5, 0.6) is 11.5 Å². The van der Waals surface area contributed by atoms with E-state index in [1.165, 1.54) is 35.6 Å². The second-order valence-electron chi connectivity index (χ2n) is 6.69. The van der Waals surface area contributed by atoms with Gasteiger partial charge in [-0.15, -0.1) is 0 Å². The van der Waals surface area contributed by atoms with Crippen LogP contribution in [0.15, 0.2) is 18.2 Å². The number of benzene rings is 1. The Morgan fingerprint density at radius 2 is 2.07 bits per heavy atom. The van der Waals surface area contributed by atoms with Crippen LogP contribution < -0.4 is 10.1 Å². The zero-order chi connectivity index (χ0) is 20.6. The Morgan fingerprint density at radius 3 is 2.68 bits per heavy atom. The number of ether oxygens (including phenoxy) is 1. The Morgan fingerprint density at radius 1 is 1.36 bits per heavy atom. The molecular formula is C18H21F3N4O3. The molecule has 1 atom stereocenters. The first-order chi connectivity index (χ1) is 13.1. The Kier molecular flexibility index (Phi) is 5.14. The molecule has 1 unspecified atom stereocenters. The maximum atomic E-state index is 13.7.